The summed E-state index contributed by atoms with van der Waals surface area (Å²) in [6.45, 7) is 7.33. The van der Waals surface area contributed by atoms with E-state index in [1.807, 2.05) is 0 Å². The van der Waals surface area contributed by atoms with Gasteiger partial charge in [0.1, 0.15) is 6.72 Å². The zero-order chi connectivity index (χ0) is 21.6. The number of hydrogen-bond donors (Lipinski definition) is 0. The molecule has 1 aliphatic rings. The first kappa shape index (κ1) is 27.6. The van der Waals surface area contributed by atoms with Crippen molar-refractivity contribution in [3.63, 3.8) is 0 Å². The van der Waals surface area contributed by atoms with E-state index in [2.05, 4.69) is 42.6 Å². The monoisotopic (exact) mass is 405 g/mol. The third-order valence-corrected chi connectivity index (χ3v) is 5.50. The van der Waals surface area contributed by atoms with Crippen LogP contribution >= 0.6 is 0 Å². The number of allylic oxidation sites excluding steroid dienone is 2. The Bertz CT molecular complexity index is 450. The van der Waals surface area contributed by atoms with Gasteiger partial charge in [-0.15, -0.1) is 0 Å². The van der Waals surface area contributed by atoms with Crippen molar-refractivity contribution in [2.45, 2.75) is 129 Å². The van der Waals surface area contributed by atoms with E-state index in [4.69, 9.17) is 9.90 Å². The third kappa shape index (κ3) is 21.2. The van der Waals surface area contributed by atoms with E-state index in [9.17, 15) is 0 Å². The Morgan fingerprint density at radius 3 is 1.55 bits per heavy atom. The molecule has 0 aromatic heterocycles. The zero-order valence-corrected chi connectivity index (χ0v) is 19.4. The van der Waals surface area contributed by atoms with Gasteiger partial charge in [0.25, 0.3) is 0 Å². The second-order valence-corrected chi connectivity index (χ2v) is 8.39. The lowest BCUT2D eigenvalue weighted by atomic mass is 10.0. The van der Waals surface area contributed by atoms with E-state index < -0.39 is 5.97 Å². The van der Waals surface area contributed by atoms with Crippen molar-refractivity contribution >= 4 is 12.7 Å². The van der Waals surface area contributed by atoms with Crippen LogP contribution in [0, 0.1) is 0 Å². The second-order valence-electron chi connectivity index (χ2n) is 8.39. The molecule has 3 nitrogen and oxygen atoms in total. The molecule has 0 fully saturated rings. The summed E-state index contributed by atoms with van der Waals surface area (Å²) in [5.74, 6) is -1.08. The zero-order valence-electron chi connectivity index (χ0n) is 19.4. The van der Waals surface area contributed by atoms with Crippen LogP contribution in [0.15, 0.2) is 24.4 Å². The van der Waals surface area contributed by atoms with E-state index in [1.165, 1.54) is 109 Å². The van der Waals surface area contributed by atoms with Gasteiger partial charge in [0.05, 0.1) is 0 Å². The van der Waals surface area contributed by atoms with Gasteiger partial charge >= 0.3 is 0 Å². The lowest BCUT2D eigenvalue weighted by Crippen LogP contribution is -2.19. The fourth-order valence-electron chi connectivity index (χ4n) is 3.74. The Morgan fingerprint density at radius 1 is 0.793 bits per heavy atom. The normalized spacial score (nSPS) is 15.2. The van der Waals surface area contributed by atoms with E-state index in [0.717, 1.165) is 6.92 Å². The number of rotatable bonds is 17. The molecular formula is C26H47NO2. The molecular weight excluding hydrogens is 358 g/mol. The van der Waals surface area contributed by atoms with Crippen LogP contribution in [0.1, 0.15) is 123 Å². The van der Waals surface area contributed by atoms with Gasteiger partial charge in [0.2, 0.25) is 0 Å². The van der Waals surface area contributed by atoms with E-state index in [-0.39, 0.29) is 0 Å². The van der Waals surface area contributed by atoms with Gasteiger partial charge in [0, 0.05) is 18.5 Å². The van der Waals surface area contributed by atoms with Crippen molar-refractivity contribution in [3.8, 4) is 0 Å². The number of carbonyl (C=O) groups is 1. The standard InChI is InChI=1S/C24H44N.C2H4O2/c1-3-4-5-6-7-8-9-10-11-12-13-14-15-16-17-18-21-24-22-19-20-23-25(24)2;1-2(3)4/h19-20,22-24H,2-18,21H2,1H3;1H3,(H,3,4)/q+1;/p-1. The summed E-state index contributed by atoms with van der Waals surface area (Å²) in [6.07, 6.45) is 32.9. The molecule has 1 atom stereocenters. The van der Waals surface area contributed by atoms with E-state index in [0.29, 0.717) is 6.04 Å². The Hall–Kier alpha value is -1.38. The van der Waals surface area contributed by atoms with Crippen LogP contribution in [0.4, 0.5) is 0 Å². The summed E-state index contributed by atoms with van der Waals surface area (Å²) in [4.78, 5) is 8.89. The third-order valence-electron chi connectivity index (χ3n) is 5.50. The van der Waals surface area contributed by atoms with Gasteiger partial charge < -0.3 is 9.90 Å². The minimum atomic E-state index is -1.08. The summed E-state index contributed by atoms with van der Waals surface area (Å²) in [6, 6.07) is 0.525. The van der Waals surface area contributed by atoms with Crippen LogP contribution in [0.3, 0.4) is 0 Å². The topological polar surface area (TPSA) is 43.1 Å². The van der Waals surface area contributed by atoms with Crippen LogP contribution in [0.2, 0.25) is 0 Å². The van der Waals surface area contributed by atoms with Crippen LogP contribution in [0.5, 0.6) is 0 Å². The summed E-state index contributed by atoms with van der Waals surface area (Å²) in [5.41, 5.74) is 0. The molecule has 0 aliphatic carbocycles. The van der Waals surface area contributed by atoms with Gasteiger partial charge in [-0.2, -0.15) is 0 Å². The fourth-order valence-corrected chi connectivity index (χ4v) is 3.74. The van der Waals surface area contributed by atoms with Crippen molar-refractivity contribution in [3.05, 3.63) is 24.4 Å². The molecule has 0 aromatic carbocycles. The van der Waals surface area contributed by atoms with Gasteiger partial charge in [-0.25, -0.2) is 4.58 Å². The largest absolute Gasteiger partial charge is 0.550 e. The number of carbonyl (C=O) groups excluding carboxylic acids is 1. The van der Waals surface area contributed by atoms with Gasteiger partial charge in [-0.05, 0) is 19.4 Å². The lowest BCUT2D eigenvalue weighted by Gasteiger charge is -2.10. The first-order valence-corrected chi connectivity index (χ1v) is 12.2. The smallest absolute Gasteiger partial charge is 0.176 e. The maximum Gasteiger partial charge on any atom is 0.176 e. The molecule has 1 rings (SSSR count). The molecule has 3 heteroatoms. The highest BCUT2D eigenvalue weighted by molar-refractivity contribution is 5.60. The highest BCUT2D eigenvalue weighted by Crippen LogP contribution is 2.15. The number of aliphatic carboxylic acids is 1. The highest BCUT2D eigenvalue weighted by Gasteiger charge is 2.14. The van der Waals surface area contributed by atoms with E-state index >= 15 is 0 Å². The molecule has 0 aromatic rings. The molecule has 0 radical (unpaired) electrons. The van der Waals surface area contributed by atoms with Crippen molar-refractivity contribution in [1.29, 1.82) is 0 Å². The quantitative estimate of drug-likeness (QED) is 0.203. The van der Waals surface area contributed by atoms with Crippen molar-refractivity contribution in [2.75, 3.05) is 0 Å². The molecule has 0 amide bonds. The second kappa shape index (κ2) is 21.3. The maximum atomic E-state index is 8.89. The molecule has 1 aliphatic heterocycles. The summed E-state index contributed by atoms with van der Waals surface area (Å²) in [5, 5.41) is 8.89. The van der Waals surface area contributed by atoms with Crippen molar-refractivity contribution in [2.24, 2.45) is 0 Å². The average molecular weight is 406 g/mol. The molecule has 0 spiro atoms. The predicted molar refractivity (Wildman–Crippen MR) is 124 cm³/mol. The molecule has 29 heavy (non-hydrogen) atoms. The Kier molecular flexibility index (Phi) is 20.3. The molecule has 0 saturated carbocycles. The minimum Gasteiger partial charge on any atom is -0.550 e. The Labute approximate surface area is 181 Å². The first-order chi connectivity index (χ1) is 14.1. The maximum absolute atomic E-state index is 8.89. The lowest BCUT2D eigenvalue weighted by molar-refractivity contribution is -0.480. The van der Waals surface area contributed by atoms with E-state index in [1.54, 1.807) is 0 Å². The molecule has 0 bridgehead atoms. The number of unbranched alkanes of at least 4 members (excludes halogenated alkanes) is 15. The molecule has 168 valence electrons. The average Bonchev–Trinajstić information content (AvgIpc) is 2.68. The van der Waals surface area contributed by atoms with Gasteiger partial charge in [-0.3, -0.25) is 0 Å². The SMILES string of the molecule is C=[N+]1C=CC=CC1CCCCCCCCCCCCCCCCCC.CC(=O)[O-]. The van der Waals surface area contributed by atoms with Crippen LogP contribution < -0.4 is 5.11 Å². The van der Waals surface area contributed by atoms with Gasteiger partial charge in [0.15, 0.2) is 12.2 Å². The van der Waals surface area contributed by atoms with Crippen LogP contribution in [0.25, 0.3) is 0 Å². The molecule has 0 saturated heterocycles. The van der Waals surface area contributed by atoms with Gasteiger partial charge in [-0.1, -0.05) is 109 Å². The Morgan fingerprint density at radius 2 is 1.17 bits per heavy atom. The Balaban J connectivity index is 0.00000178. The van der Waals surface area contributed by atoms with Crippen LogP contribution in [-0.2, 0) is 4.79 Å². The fraction of sp³-hybridized carbons (Fsp3) is 0.769. The summed E-state index contributed by atoms with van der Waals surface area (Å²) >= 11 is 0. The number of carboxylic acids is 1. The van der Waals surface area contributed by atoms with Crippen LogP contribution in [-0.4, -0.2) is 23.3 Å². The highest BCUT2D eigenvalue weighted by atomic mass is 16.4. The molecule has 1 unspecified atom stereocenters. The number of hydrogen-bond acceptors (Lipinski definition) is 2. The minimum absolute atomic E-state index is 0.525. The van der Waals surface area contributed by atoms with Crippen molar-refractivity contribution < 1.29 is 14.5 Å². The molecule has 0 N–H and O–H groups in total. The number of nitrogens with zero attached hydrogens (tertiary/aromatic N) is 1. The molecule has 1 heterocycles. The summed E-state index contributed by atoms with van der Waals surface area (Å²) in [7, 11) is 0. The van der Waals surface area contributed by atoms with Crippen molar-refractivity contribution in [1.82, 2.24) is 0 Å². The predicted octanol–water partition coefficient (Wildman–Crippen LogP) is 6.56. The first-order valence-electron chi connectivity index (χ1n) is 12.2. The summed E-state index contributed by atoms with van der Waals surface area (Å²) < 4.78 is 2.09. The number of carboxylic acid groups (broad SMARTS) is 1.